The van der Waals surface area contributed by atoms with Gasteiger partial charge in [0.2, 0.25) is 5.91 Å². The predicted molar refractivity (Wildman–Crippen MR) is 54.1 cm³/mol. The first-order chi connectivity index (χ1) is 6.01. The first-order valence-electron chi connectivity index (χ1n) is 5.31. The summed E-state index contributed by atoms with van der Waals surface area (Å²) in [5.41, 5.74) is 5.51. The van der Waals surface area contributed by atoms with Gasteiger partial charge in [0, 0.05) is 5.92 Å². The summed E-state index contributed by atoms with van der Waals surface area (Å²) in [5, 5.41) is 0. The van der Waals surface area contributed by atoms with Crippen LogP contribution >= 0.6 is 0 Å². The van der Waals surface area contributed by atoms with Crippen LogP contribution < -0.4 is 5.73 Å². The Labute approximate surface area is 80.9 Å². The van der Waals surface area contributed by atoms with Gasteiger partial charge in [-0.25, -0.2) is 0 Å². The maximum atomic E-state index is 11.0. The lowest BCUT2D eigenvalue weighted by atomic mass is 10.0. The second kappa shape index (κ2) is 3.69. The molecule has 1 rings (SSSR count). The van der Waals surface area contributed by atoms with Crippen molar-refractivity contribution >= 4 is 5.91 Å². The van der Waals surface area contributed by atoms with Crippen molar-refractivity contribution in [3.63, 3.8) is 0 Å². The second-order valence-electron chi connectivity index (χ2n) is 4.80. The molecule has 0 spiro atoms. The Hall–Kier alpha value is -0.530. The maximum Gasteiger partial charge on any atom is 0.221 e. The quantitative estimate of drug-likeness (QED) is 0.653. The van der Waals surface area contributed by atoms with Crippen LogP contribution in [-0.2, 0) is 4.79 Å². The van der Waals surface area contributed by atoms with Crippen molar-refractivity contribution in [2.45, 2.75) is 46.5 Å². The van der Waals surface area contributed by atoms with E-state index in [4.69, 9.17) is 5.73 Å². The van der Waals surface area contributed by atoms with Gasteiger partial charge in [0.05, 0.1) is 0 Å². The summed E-state index contributed by atoms with van der Waals surface area (Å²) < 4.78 is 0. The van der Waals surface area contributed by atoms with Gasteiger partial charge < -0.3 is 5.73 Å². The number of hydrogen-bond donors (Lipinski definition) is 1. The molecule has 2 atom stereocenters. The number of amides is 1. The summed E-state index contributed by atoms with van der Waals surface area (Å²) in [4.78, 5) is 11.0. The summed E-state index contributed by atoms with van der Waals surface area (Å²) in [6.07, 6.45) is 4.94. The van der Waals surface area contributed by atoms with E-state index in [-0.39, 0.29) is 17.2 Å². The maximum absolute atomic E-state index is 11.0. The van der Waals surface area contributed by atoms with Gasteiger partial charge in [-0.1, -0.05) is 40.0 Å². The molecule has 1 fully saturated rings. The zero-order chi connectivity index (χ0) is 10.1. The van der Waals surface area contributed by atoms with Crippen molar-refractivity contribution in [3.05, 3.63) is 0 Å². The van der Waals surface area contributed by atoms with Crippen LogP contribution in [0.4, 0.5) is 0 Å². The standard InChI is InChI=1S/C11H21NO/c1-4-5-6-7-8-9(10(12)13)11(8,2)3/h8-9H,4-7H2,1-3H3,(H2,12,13). The Morgan fingerprint density at radius 1 is 1.38 bits per heavy atom. The summed E-state index contributed by atoms with van der Waals surface area (Å²) in [6, 6.07) is 0. The van der Waals surface area contributed by atoms with Gasteiger partial charge in [0.1, 0.15) is 0 Å². The third kappa shape index (κ3) is 2.04. The molecule has 1 aliphatic rings. The van der Waals surface area contributed by atoms with Crippen molar-refractivity contribution in [1.29, 1.82) is 0 Å². The van der Waals surface area contributed by atoms with E-state index in [0.29, 0.717) is 5.92 Å². The van der Waals surface area contributed by atoms with E-state index in [0.717, 1.165) is 0 Å². The average molecular weight is 183 g/mol. The fraction of sp³-hybridized carbons (Fsp3) is 0.909. The average Bonchev–Trinajstić information content (AvgIpc) is 2.54. The molecular weight excluding hydrogens is 162 g/mol. The fourth-order valence-electron chi connectivity index (χ4n) is 2.46. The molecule has 2 N–H and O–H groups in total. The van der Waals surface area contributed by atoms with Crippen molar-refractivity contribution in [1.82, 2.24) is 0 Å². The van der Waals surface area contributed by atoms with Crippen LogP contribution in [0.25, 0.3) is 0 Å². The smallest absolute Gasteiger partial charge is 0.221 e. The highest BCUT2D eigenvalue weighted by atomic mass is 16.1. The van der Waals surface area contributed by atoms with Gasteiger partial charge in [0.25, 0.3) is 0 Å². The SMILES string of the molecule is CCCCCC1C(C(N)=O)C1(C)C. The van der Waals surface area contributed by atoms with Crippen molar-refractivity contribution < 1.29 is 4.79 Å². The van der Waals surface area contributed by atoms with Crippen LogP contribution in [0.5, 0.6) is 0 Å². The van der Waals surface area contributed by atoms with Crippen LogP contribution in [0.15, 0.2) is 0 Å². The van der Waals surface area contributed by atoms with Gasteiger partial charge in [-0.15, -0.1) is 0 Å². The Balaban J connectivity index is 2.33. The minimum atomic E-state index is -0.105. The Morgan fingerprint density at radius 2 is 2.00 bits per heavy atom. The molecule has 0 aromatic rings. The van der Waals surface area contributed by atoms with Crippen molar-refractivity contribution in [2.75, 3.05) is 0 Å². The van der Waals surface area contributed by atoms with Crippen LogP contribution in [0.3, 0.4) is 0 Å². The zero-order valence-electron chi connectivity index (χ0n) is 8.97. The van der Waals surface area contributed by atoms with E-state index in [1.165, 1.54) is 25.7 Å². The van der Waals surface area contributed by atoms with E-state index in [1.807, 2.05) is 0 Å². The molecule has 0 aromatic heterocycles. The van der Waals surface area contributed by atoms with E-state index >= 15 is 0 Å². The van der Waals surface area contributed by atoms with E-state index in [9.17, 15) is 4.79 Å². The number of unbranched alkanes of at least 4 members (excludes halogenated alkanes) is 2. The number of nitrogens with two attached hydrogens (primary N) is 1. The highest BCUT2D eigenvalue weighted by Crippen LogP contribution is 2.60. The first kappa shape index (κ1) is 10.6. The zero-order valence-corrected chi connectivity index (χ0v) is 8.97. The van der Waals surface area contributed by atoms with Crippen molar-refractivity contribution in [2.24, 2.45) is 23.0 Å². The molecular formula is C11H21NO. The number of carbonyl (C=O) groups excluding carboxylic acids is 1. The van der Waals surface area contributed by atoms with Gasteiger partial charge in [-0.05, 0) is 17.8 Å². The number of primary amides is 1. The third-order valence-electron chi connectivity index (χ3n) is 3.48. The number of rotatable bonds is 5. The molecule has 76 valence electrons. The molecule has 1 amide bonds. The van der Waals surface area contributed by atoms with Gasteiger partial charge in [-0.2, -0.15) is 0 Å². The number of carbonyl (C=O) groups is 1. The van der Waals surface area contributed by atoms with Crippen LogP contribution in [0.2, 0.25) is 0 Å². The minimum Gasteiger partial charge on any atom is -0.369 e. The lowest BCUT2D eigenvalue weighted by Gasteiger charge is -2.00. The molecule has 0 bridgehead atoms. The fourth-order valence-corrected chi connectivity index (χ4v) is 2.46. The molecule has 2 nitrogen and oxygen atoms in total. The lowest BCUT2D eigenvalue weighted by molar-refractivity contribution is -0.120. The topological polar surface area (TPSA) is 43.1 Å². The van der Waals surface area contributed by atoms with Gasteiger partial charge in [0.15, 0.2) is 0 Å². The molecule has 0 radical (unpaired) electrons. The van der Waals surface area contributed by atoms with Crippen LogP contribution in [-0.4, -0.2) is 5.91 Å². The molecule has 13 heavy (non-hydrogen) atoms. The molecule has 0 heterocycles. The summed E-state index contributed by atoms with van der Waals surface area (Å²) >= 11 is 0. The van der Waals surface area contributed by atoms with Gasteiger partial charge in [-0.3, -0.25) is 4.79 Å². The van der Waals surface area contributed by atoms with Crippen LogP contribution in [0.1, 0.15) is 46.5 Å². The summed E-state index contributed by atoms with van der Waals surface area (Å²) in [5.74, 6) is 0.590. The Kier molecular flexibility index (Phi) is 2.99. The summed E-state index contributed by atoms with van der Waals surface area (Å²) in [7, 11) is 0. The second-order valence-corrected chi connectivity index (χ2v) is 4.80. The molecule has 1 aliphatic carbocycles. The third-order valence-corrected chi connectivity index (χ3v) is 3.48. The first-order valence-corrected chi connectivity index (χ1v) is 5.31. The Bertz CT molecular complexity index is 198. The molecule has 2 heteroatoms. The van der Waals surface area contributed by atoms with Gasteiger partial charge >= 0.3 is 0 Å². The van der Waals surface area contributed by atoms with E-state index in [2.05, 4.69) is 20.8 Å². The molecule has 0 aliphatic heterocycles. The largest absolute Gasteiger partial charge is 0.369 e. The van der Waals surface area contributed by atoms with E-state index in [1.54, 1.807) is 0 Å². The number of hydrogen-bond acceptors (Lipinski definition) is 1. The lowest BCUT2D eigenvalue weighted by Crippen LogP contribution is -2.16. The molecule has 1 saturated carbocycles. The monoisotopic (exact) mass is 183 g/mol. The van der Waals surface area contributed by atoms with Crippen LogP contribution in [0, 0.1) is 17.3 Å². The molecule has 0 saturated heterocycles. The summed E-state index contributed by atoms with van der Waals surface area (Å²) in [6.45, 7) is 6.50. The highest BCUT2D eigenvalue weighted by Gasteiger charge is 2.59. The normalized spacial score (nSPS) is 30.1. The minimum absolute atomic E-state index is 0.105. The molecule has 0 aromatic carbocycles. The highest BCUT2D eigenvalue weighted by molar-refractivity contribution is 5.81. The predicted octanol–water partition coefficient (Wildman–Crippen LogP) is 2.32. The Morgan fingerprint density at radius 3 is 2.38 bits per heavy atom. The van der Waals surface area contributed by atoms with E-state index < -0.39 is 0 Å². The molecule has 2 unspecified atom stereocenters. The van der Waals surface area contributed by atoms with Crippen molar-refractivity contribution in [3.8, 4) is 0 Å².